The summed E-state index contributed by atoms with van der Waals surface area (Å²) in [4.78, 5) is 11.7. The third kappa shape index (κ3) is 4.39. The van der Waals surface area contributed by atoms with E-state index in [0.717, 1.165) is 11.1 Å². The van der Waals surface area contributed by atoms with E-state index in [-0.39, 0.29) is 12.3 Å². The minimum absolute atomic E-state index is 0.0434. The standard InChI is InChI=1S/C19H22ClNO5/c1-5-25-17-8-6-7-16(21(23)19(22)24-4)14(17)11-26-18-10-13(3)12(2)9-15(18)20/h6-10,23H,5,11H2,1-4H3. The molecule has 0 radical (unpaired) electrons. The van der Waals surface area contributed by atoms with E-state index in [9.17, 15) is 10.0 Å². The van der Waals surface area contributed by atoms with Gasteiger partial charge in [0.15, 0.2) is 0 Å². The van der Waals surface area contributed by atoms with Crippen LogP contribution in [0.15, 0.2) is 30.3 Å². The Morgan fingerprint density at radius 3 is 2.50 bits per heavy atom. The van der Waals surface area contributed by atoms with E-state index in [0.29, 0.717) is 33.8 Å². The molecule has 0 heterocycles. The van der Waals surface area contributed by atoms with Crippen molar-refractivity contribution in [3.8, 4) is 11.5 Å². The first-order valence-corrected chi connectivity index (χ1v) is 8.48. The van der Waals surface area contributed by atoms with Gasteiger partial charge < -0.3 is 14.2 Å². The number of ether oxygens (including phenoxy) is 3. The smallest absolute Gasteiger partial charge is 0.438 e. The van der Waals surface area contributed by atoms with Gasteiger partial charge in [0.25, 0.3) is 0 Å². The van der Waals surface area contributed by atoms with Gasteiger partial charge in [-0.25, -0.2) is 4.79 Å². The second kappa shape index (κ2) is 8.78. The van der Waals surface area contributed by atoms with Crippen LogP contribution in [0.5, 0.6) is 11.5 Å². The minimum Gasteiger partial charge on any atom is -0.493 e. The zero-order chi connectivity index (χ0) is 19.3. The molecule has 0 fully saturated rings. The lowest BCUT2D eigenvalue weighted by atomic mass is 10.1. The van der Waals surface area contributed by atoms with Crippen LogP contribution in [-0.2, 0) is 11.3 Å². The quantitative estimate of drug-likeness (QED) is 0.571. The Balaban J connectivity index is 2.37. The summed E-state index contributed by atoms with van der Waals surface area (Å²) in [5.74, 6) is 1.00. The molecule has 7 heteroatoms. The highest BCUT2D eigenvalue weighted by Gasteiger charge is 2.21. The molecule has 0 atom stereocenters. The van der Waals surface area contributed by atoms with E-state index < -0.39 is 6.09 Å². The molecule has 0 unspecified atom stereocenters. The number of hydrogen-bond acceptors (Lipinski definition) is 5. The van der Waals surface area contributed by atoms with Crippen molar-refractivity contribution in [1.82, 2.24) is 0 Å². The van der Waals surface area contributed by atoms with E-state index in [1.165, 1.54) is 7.11 Å². The van der Waals surface area contributed by atoms with Crippen LogP contribution in [-0.4, -0.2) is 25.0 Å². The lowest BCUT2D eigenvalue weighted by Crippen LogP contribution is -2.28. The predicted molar refractivity (Wildman–Crippen MR) is 99.5 cm³/mol. The Hall–Kier alpha value is -2.44. The van der Waals surface area contributed by atoms with Crippen molar-refractivity contribution in [3.63, 3.8) is 0 Å². The highest BCUT2D eigenvalue weighted by Crippen LogP contribution is 2.33. The number of nitrogens with zero attached hydrogens (tertiary/aromatic N) is 1. The molecule has 26 heavy (non-hydrogen) atoms. The SMILES string of the molecule is CCOc1cccc(N(O)C(=O)OC)c1COc1cc(C)c(C)cc1Cl. The Kier molecular flexibility index (Phi) is 6.71. The molecule has 1 amide bonds. The summed E-state index contributed by atoms with van der Waals surface area (Å²) in [5.41, 5.74) is 2.81. The van der Waals surface area contributed by atoms with Crippen molar-refractivity contribution in [2.45, 2.75) is 27.4 Å². The zero-order valence-electron chi connectivity index (χ0n) is 15.2. The number of hydroxylamine groups is 1. The second-order valence-corrected chi connectivity index (χ2v) is 6.03. The maximum Gasteiger partial charge on any atom is 0.438 e. The maximum atomic E-state index is 11.7. The first-order valence-electron chi connectivity index (χ1n) is 8.10. The summed E-state index contributed by atoms with van der Waals surface area (Å²) >= 11 is 6.25. The topological polar surface area (TPSA) is 68.2 Å². The van der Waals surface area contributed by atoms with Crippen LogP contribution >= 0.6 is 11.6 Å². The first kappa shape index (κ1) is 19.9. The molecule has 0 aromatic heterocycles. The zero-order valence-corrected chi connectivity index (χ0v) is 16.0. The lowest BCUT2D eigenvalue weighted by molar-refractivity contribution is 0.140. The third-order valence-corrected chi connectivity index (χ3v) is 4.20. The van der Waals surface area contributed by atoms with Crippen LogP contribution < -0.4 is 14.5 Å². The van der Waals surface area contributed by atoms with Crippen LogP contribution in [0, 0.1) is 13.8 Å². The highest BCUT2D eigenvalue weighted by atomic mass is 35.5. The molecule has 0 saturated heterocycles. The van der Waals surface area contributed by atoms with E-state index in [1.54, 1.807) is 18.2 Å². The monoisotopic (exact) mass is 379 g/mol. The van der Waals surface area contributed by atoms with Crippen LogP contribution in [0.25, 0.3) is 0 Å². The molecule has 0 aliphatic heterocycles. The number of hydrogen-bond donors (Lipinski definition) is 1. The summed E-state index contributed by atoms with van der Waals surface area (Å²) in [7, 11) is 1.18. The first-order chi connectivity index (χ1) is 12.4. The van der Waals surface area contributed by atoms with Gasteiger partial charge in [0.05, 0.1) is 30.0 Å². The molecule has 2 rings (SSSR count). The molecule has 6 nitrogen and oxygen atoms in total. The van der Waals surface area contributed by atoms with E-state index in [2.05, 4.69) is 4.74 Å². The van der Waals surface area contributed by atoms with E-state index in [1.807, 2.05) is 32.9 Å². The number of amides is 1. The maximum absolute atomic E-state index is 11.7. The minimum atomic E-state index is -0.913. The molecule has 2 aromatic carbocycles. The van der Waals surface area contributed by atoms with Crippen LogP contribution in [0.4, 0.5) is 10.5 Å². The average molecular weight is 380 g/mol. The Morgan fingerprint density at radius 1 is 1.15 bits per heavy atom. The number of benzene rings is 2. The van der Waals surface area contributed by atoms with Crippen molar-refractivity contribution in [1.29, 1.82) is 0 Å². The fourth-order valence-electron chi connectivity index (χ4n) is 2.39. The summed E-state index contributed by atoms with van der Waals surface area (Å²) in [6.45, 7) is 6.24. The van der Waals surface area contributed by atoms with Gasteiger partial charge in [0, 0.05) is 0 Å². The number of anilines is 1. The van der Waals surface area contributed by atoms with Gasteiger partial charge in [-0.1, -0.05) is 17.7 Å². The van der Waals surface area contributed by atoms with E-state index in [4.69, 9.17) is 21.1 Å². The number of rotatable bonds is 6. The van der Waals surface area contributed by atoms with Gasteiger partial charge in [-0.05, 0) is 56.2 Å². The average Bonchev–Trinajstić information content (AvgIpc) is 2.63. The molecule has 0 spiro atoms. The van der Waals surface area contributed by atoms with Crippen LogP contribution in [0.3, 0.4) is 0 Å². The van der Waals surface area contributed by atoms with Crippen LogP contribution in [0.1, 0.15) is 23.6 Å². The number of methoxy groups -OCH3 is 1. The highest BCUT2D eigenvalue weighted by molar-refractivity contribution is 6.32. The predicted octanol–water partition coefficient (Wildman–Crippen LogP) is 4.90. The summed E-state index contributed by atoms with van der Waals surface area (Å²) in [6, 6.07) is 8.64. The molecule has 140 valence electrons. The molecule has 0 aliphatic rings. The Bertz CT molecular complexity index is 794. The molecule has 1 N–H and O–H groups in total. The fourth-order valence-corrected chi connectivity index (χ4v) is 2.66. The van der Waals surface area contributed by atoms with Gasteiger partial charge in [-0.15, -0.1) is 0 Å². The summed E-state index contributed by atoms with van der Waals surface area (Å²) < 4.78 is 16.0. The molecular formula is C19H22ClNO5. The molecular weight excluding hydrogens is 358 g/mol. The van der Waals surface area contributed by atoms with Crippen molar-refractivity contribution in [3.05, 3.63) is 52.0 Å². The largest absolute Gasteiger partial charge is 0.493 e. The van der Waals surface area contributed by atoms with Crippen molar-refractivity contribution >= 4 is 23.4 Å². The normalized spacial score (nSPS) is 10.4. The van der Waals surface area contributed by atoms with Gasteiger partial charge in [0.1, 0.15) is 18.1 Å². The number of aryl methyl sites for hydroxylation is 2. The fraction of sp³-hybridized carbons (Fsp3) is 0.316. The van der Waals surface area contributed by atoms with E-state index >= 15 is 0 Å². The van der Waals surface area contributed by atoms with Gasteiger partial charge >= 0.3 is 6.09 Å². The molecule has 0 saturated carbocycles. The van der Waals surface area contributed by atoms with Crippen LogP contribution in [0.2, 0.25) is 5.02 Å². The number of carbonyl (C=O) groups is 1. The summed E-state index contributed by atoms with van der Waals surface area (Å²) in [6.07, 6.45) is -0.913. The molecule has 0 aliphatic carbocycles. The van der Waals surface area contributed by atoms with Gasteiger partial charge in [-0.3, -0.25) is 5.21 Å². The van der Waals surface area contributed by atoms with Crippen molar-refractivity contribution in [2.75, 3.05) is 18.8 Å². The number of carbonyl (C=O) groups excluding carboxylic acids is 1. The Labute approximate surface area is 157 Å². The summed E-state index contributed by atoms with van der Waals surface area (Å²) in [5, 5.41) is 11.0. The van der Waals surface area contributed by atoms with Gasteiger partial charge in [0.2, 0.25) is 0 Å². The lowest BCUT2D eigenvalue weighted by Gasteiger charge is -2.20. The van der Waals surface area contributed by atoms with Crippen molar-refractivity contribution < 1.29 is 24.2 Å². The third-order valence-electron chi connectivity index (χ3n) is 3.90. The number of halogens is 1. The van der Waals surface area contributed by atoms with Gasteiger partial charge in [-0.2, -0.15) is 5.06 Å². The molecule has 2 aromatic rings. The Morgan fingerprint density at radius 2 is 1.85 bits per heavy atom. The molecule has 0 bridgehead atoms. The van der Waals surface area contributed by atoms with Crippen molar-refractivity contribution in [2.24, 2.45) is 0 Å². The second-order valence-electron chi connectivity index (χ2n) is 5.62.